The van der Waals surface area contributed by atoms with Crippen LogP contribution in [0.25, 0.3) is 0 Å². The molecule has 0 aliphatic rings. The highest BCUT2D eigenvalue weighted by Crippen LogP contribution is 2.22. The van der Waals surface area contributed by atoms with E-state index < -0.39 is 12.2 Å². The fourth-order valence-corrected chi connectivity index (χ4v) is 3.37. The van der Waals surface area contributed by atoms with Crippen molar-refractivity contribution in [1.29, 1.82) is 0 Å². The number of likely N-dealkylation sites (N-methyl/N-ethyl adjacent to an activating group) is 2. The van der Waals surface area contributed by atoms with Gasteiger partial charge in [0.05, 0.1) is 13.2 Å². The van der Waals surface area contributed by atoms with Gasteiger partial charge < -0.3 is 25.4 Å². The Morgan fingerprint density at radius 1 is 1.13 bits per heavy atom. The molecular formula is C24H41N3O4. The van der Waals surface area contributed by atoms with E-state index in [1.54, 1.807) is 25.9 Å². The van der Waals surface area contributed by atoms with Gasteiger partial charge in [0.15, 0.2) is 0 Å². The highest BCUT2D eigenvalue weighted by Gasteiger charge is 2.18. The first-order valence-electron chi connectivity index (χ1n) is 10.9. The van der Waals surface area contributed by atoms with Crippen molar-refractivity contribution in [2.24, 2.45) is 11.7 Å². The van der Waals surface area contributed by atoms with E-state index in [-0.39, 0.29) is 17.4 Å². The fourth-order valence-electron chi connectivity index (χ4n) is 3.37. The SMILES string of the molecule is COC(=O)N(C)CCN(C)C(=O)CCc1ccc(CC(C)(C)N)cc1CC(C)[C@@H](C)O. The monoisotopic (exact) mass is 435 g/mol. The molecule has 0 heterocycles. The van der Waals surface area contributed by atoms with E-state index in [1.807, 2.05) is 20.8 Å². The van der Waals surface area contributed by atoms with Gasteiger partial charge in [-0.05, 0) is 62.6 Å². The van der Waals surface area contributed by atoms with Crippen molar-refractivity contribution in [3.63, 3.8) is 0 Å². The molecule has 2 amide bonds. The molecule has 176 valence electrons. The fraction of sp³-hybridized carbons (Fsp3) is 0.667. The van der Waals surface area contributed by atoms with Crippen molar-refractivity contribution in [3.05, 3.63) is 34.9 Å². The molecule has 2 atom stereocenters. The van der Waals surface area contributed by atoms with Crippen LogP contribution in [0.3, 0.4) is 0 Å². The molecular weight excluding hydrogens is 394 g/mol. The number of ether oxygens (including phenoxy) is 1. The first-order valence-corrected chi connectivity index (χ1v) is 10.9. The van der Waals surface area contributed by atoms with Gasteiger partial charge in [-0.1, -0.05) is 25.1 Å². The molecule has 0 aliphatic carbocycles. The van der Waals surface area contributed by atoms with Gasteiger partial charge in [-0.15, -0.1) is 0 Å². The van der Waals surface area contributed by atoms with Gasteiger partial charge in [-0.2, -0.15) is 0 Å². The number of carbonyl (C=O) groups excluding carboxylic acids is 2. The average molecular weight is 436 g/mol. The second kappa shape index (κ2) is 12.1. The van der Waals surface area contributed by atoms with Gasteiger partial charge in [0, 0.05) is 39.1 Å². The lowest BCUT2D eigenvalue weighted by Gasteiger charge is -2.23. The zero-order valence-electron chi connectivity index (χ0n) is 20.3. The molecule has 0 saturated heterocycles. The molecule has 1 aromatic rings. The zero-order valence-corrected chi connectivity index (χ0v) is 20.3. The Labute approximate surface area is 187 Å². The van der Waals surface area contributed by atoms with Crippen molar-refractivity contribution < 1.29 is 19.4 Å². The van der Waals surface area contributed by atoms with Crippen LogP contribution < -0.4 is 5.73 Å². The molecule has 1 unspecified atom stereocenters. The summed E-state index contributed by atoms with van der Waals surface area (Å²) in [4.78, 5) is 27.1. The molecule has 0 bridgehead atoms. The highest BCUT2D eigenvalue weighted by molar-refractivity contribution is 5.76. The van der Waals surface area contributed by atoms with Gasteiger partial charge in [-0.25, -0.2) is 4.79 Å². The summed E-state index contributed by atoms with van der Waals surface area (Å²) in [6, 6.07) is 6.34. The van der Waals surface area contributed by atoms with Gasteiger partial charge in [0.25, 0.3) is 0 Å². The smallest absolute Gasteiger partial charge is 0.409 e. The number of benzene rings is 1. The Hall–Kier alpha value is -2.12. The number of hydrogen-bond acceptors (Lipinski definition) is 5. The van der Waals surface area contributed by atoms with E-state index >= 15 is 0 Å². The third-order valence-electron chi connectivity index (χ3n) is 5.59. The maximum atomic E-state index is 12.6. The quantitative estimate of drug-likeness (QED) is 0.557. The van der Waals surface area contributed by atoms with Crippen LogP contribution in [0, 0.1) is 5.92 Å². The number of aliphatic hydroxyl groups excluding tert-OH is 1. The molecule has 0 aromatic heterocycles. The summed E-state index contributed by atoms with van der Waals surface area (Å²) >= 11 is 0. The molecule has 0 aliphatic heterocycles. The summed E-state index contributed by atoms with van der Waals surface area (Å²) in [6.45, 7) is 8.71. The Morgan fingerprint density at radius 3 is 2.29 bits per heavy atom. The largest absolute Gasteiger partial charge is 0.453 e. The lowest BCUT2D eigenvalue weighted by Crippen LogP contribution is -2.37. The highest BCUT2D eigenvalue weighted by atomic mass is 16.5. The van der Waals surface area contributed by atoms with E-state index in [0.29, 0.717) is 25.9 Å². The van der Waals surface area contributed by atoms with E-state index in [9.17, 15) is 14.7 Å². The molecule has 1 rings (SSSR count). The number of carbonyl (C=O) groups is 2. The molecule has 7 nitrogen and oxygen atoms in total. The molecule has 0 radical (unpaired) electrons. The summed E-state index contributed by atoms with van der Waals surface area (Å²) < 4.78 is 4.67. The standard InChI is InChI=1S/C24H41N3O4/c1-17(18(2)28)14-21-15-19(16-24(3,4)25)8-9-20(21)10-11-22(29)26(5)12-13-27(6)23(30)31-7/h8-9,15,17-18,28H,10-14,16,25H2,1-7H3/t17?,18-/m1/s1. The van der Waals surface area contributed by atoms with E-state index in [1.165, 1.54) is 17.6 Å². The van der Waals surface area contributed by atoms with Crippen LogP contribution in [0.2, 0.25) is 0 Å². The normalized spacial score (nSPS) is 13.5. The summed E-state index contributed by atoms with van der Waals surface area (Å²) in [6.07, 6.45) is 1.71. The molecule has 0 saturated carbocycles. The predicted molar refractivity (Wildman–Crippen MR) is 124 cm³/mol. The first kappa shape index (κ1) is 26.9. The van der Waals surface area contributed by atoms with Gasteiger partial charge in [0.2, 0.25) is 5.91 Å². The molecule has 0 spiro atoms. The third-order valence-corrected chi connectivity index (χ3v) is 5.59. The summed E-state index contributed by atoms with van der Waals surface area (Å²) in [5.41, 5.74) is 9.34. The summed E-state index contributed by atoms with van der Waals surface area (Å²) in [5.74, 6) is 0.145. The van der Waals surface area contributed by atoms with E-state index in [4.69, 9.17) is 5.73 Å². The van der Waals surface area contributed by atoms with Crippen molar-refractivity contribution in [2.75, 3.05) is 34.3 Å². The number of nitrogens with zero attached hydrogens (tertiary/aromatic N) is 2. The lowest BCUT2D eigenvalue weighted by atomic mass is 9.88. The minimum Gasteiger partial charge on any atom is -0.453 e. The second-order valence-electron chi connectivity index (χ2n) is 9.40. The van der Waals surface area contributed by atoms with Crippen LogP contribution in [-0.2, 0) is 28.8 Å². The molecule has 31 heavy (non-hydrogen) atoms. The van der Waals surface area contributed by atoms with E-state index in [0.717, 1.165) is 24.0 Å². The van der Waals surface area contributed by atoms with Crippen LogP contribution in [-0.4, -0.2) is 72.8 Å². The maximum Gasteiger partial charge on any atom is 0.409 e. The van der Waals surface area contributed by atoms with Crippen LogP contribution in [0.5, 0.6) is 0 Å². The van der Waals surface area contributed by atoms with Crippen LogP contribution in [0.1, 0.15) is 50.8 Å². The lowest BCUT2D eigenvalue weighted by molar-refractivity contribution is -0.130. The Bertz CT molecular complexity index is 728. The van der Waals surface area contributed by atoms with Crippen molar-refractivity contribution in [1.82, 2.24) is 9.80 Å². The van der Waals surface area contributed by atoms with Crippen LogP contribution in [0.4, 0.5) is 4.79 Å². The molecule has 0 fully saturated rings. The van der Waals surface area contributed by atoms with Crippen molar-refractivity contribution in [3.8, 4) is 0 Å². The van der Waals surface area contributed by atoms with Gasteiger partial charge in [0.1, 0.15) is 0 Å². The van der Waals surface area contributed by atoms with Crippen molar-refractivity contribution in [2.45, 2.75) is 65.0 Å². The number of rotatable bonds is 11. The second-order valence-corrected chi connectivity index (χ2v) is 9.40. The minimum atomic E-state index is -0.418. The Morgan fingerprint density at radius 2 is 1.74 bits per heavy atom. The number of aryl methyl sites for hydroxylation is 1. The number of hydrogen-bond donors (Lipinski definition) is 2. The Kier molecular flexibility index (Phi) is 10.5. The maximum absolute atomic E-state index is 12.6. The van der Waals surface area contributed by atoms with Crippen LogP contribution >= 0.6 is 0 Å². The summed E-state index contributed by atoms with van der Waals surface area (Å²) in [7, 11) is 4.73. The zero-order chi connectivity index (χ0) is 23.8. The first-order chi connectivity index (χ1) is 14.3. The average Bonchev–Trinajstić information content (AvgIpc) is 2.68. The number of aliphatic hydroxyl groups is 1. The summed E-state index contributed by atoms with van der Waals surface area (Å²) in [5, 5.41) is 9.96. The number of methoxy groups -OCH3 is 1. The minimum absolute atomic E-state index is 0.0277. The molecule has 3 N–H and O–H groups in total. The Balaban J connectivity index is 2.83. The molecule has 7 heteroatoms. The van der Waals surface area contributed by atoms with Crippen molar-refractivity contribution >= 4 is 12.0 Å². The number of nitrogens with two attached hydrogens (primary N) is 1. The third kappa shape index (κ3) is 9.70. The van der Waals surface area contributed by atoms with Gasteiger partial charge >= 0.3 is 6.09 Å². The topological polar surface area (TPSA) is 96.1 Å². The van der Waals surface area contributed by atoms with Crippen LogP contribution in [0.15, 0.2) is 18.2 Å². The predicted octanol–water partition coefficient (Wildman–Crippen LogP) is 2.62. The number of amides is 2. The van der Waals surface area contributed by atoms with E-state index in [2.05, 4.69) is 22.9 Å². The van der Waals surface area contributed by atoms with Gasteiger partial charge in [-0.3, -0.25) is 4.79 Å². The molecule has 1 aromatic carbocycles.